The van der Waals surface area contributed by atoms with E-state index < -0.39 is 0 Å². The Balaban J connectivity index is 1.54. The second-order valence-corrected chi connectivity index (χ2v) is 12.6. The summed E-state index contributed by atoms with van der Waals surface area (Å²) in [6.45, 7) is 11.4. The van der Waals surface area contributed by atoms with Crippen LogP contribution >= 0.6 is 0 Å². The molecule has 3 rings (SSSR count). The van der Waals surface area contributed by atoms with Gasteiger partial charge in [-0.05, 0) is 48.4 Å². The zero-order chi connectivity index (χ0) is 28.5. The SMILES string of the molecule is CCCCCCCC[N+](C)(C)CCCNC(=O)CCc1cc(-n2nc3ccccc3n2)c(O)c(C(C)(C)C)c1. The standard InChI is InChI=1S/C32H49N5O2/c1-7-8-9-10-11-14-21-37(5,6)22-15-20-33-30(38)19-18-25-23-26(32(2,3)4)31(39)29(24-25)36-34-27-16-12-13-17-28(27)35-36/h12-13,16-17,23-24H,7-11,14-15,18-22H2,1-6H3,(H-,33,38,39)/p+1. The summed E-state index contributed by atoms with van der Waals surface area (Å²) in [5.74, 6) is 0.240. The van der Waals surface area contributed by atoms with E-state index in [1.165, 1.54) is 49.9 Å². The Kier molecular flexibility index (Phi) is 10.9. The lowest BCUT2D eigenvalue weighted by Gasteiger charge is -2.30. The number of aromatic nitrogens is 3. The van der Waals surface area contributed by atoms with Crippen LogP contribution in [0.15, 0.2) is 36.4 Å². The van der Waals surface area contributed by atoms with Gasteiger partial charge in [-0.3, -0.25) is 4.79 Å². The third-order valence-electron chi connectivity index (χ3n) is 7.48. The molecule has 0 bridgehead atoms. The maximum absolute atomic E-state index is 12.7. The van der Waals surface area contributed by atoms with Crippen LogP contribution in [0, 0.1) is 0 Å². The van der Waals surface area contributed by atoms with E-state index in [0.717, 1.165) is 39.6 Å². The van der Waals surface area contributed by atoms with Gasteiger partial charge in [-0.15, -0.1) is 15.0 Å². The monoisotopic (exact) mass is 536 g/mol. The Morgan fingerprint density at radius 3 is 2.21 bits per heavy atom. The molecule has 214 valence electrons. The predicted molar refractivity (Wildman–Crippen MR) is 160 cm³/mol. The molecule has 0 atom stereocenters. The van der Waals surface area contributed by atoms with E-state index in [0.29, 0.717) is 25.1 Å². The highest BCUT2D eigenvalue weighted by molar-refractivity contribution is 5.76. The minimum absolute atomic E-state index is 0.0612. The minimum atomic E-state index is -0.274. The molecule has 0 spiro atoms. The molecule has 1 amide bonds. The average molecular weight is 537 g/mol. The number of rotatable bonds is 15. The Labute approximate surface area is 235 Å². The third kappa shape index (κ3) is 9.34. The molecule has 0 aliphatic rings. The fourth-order valence-electron chi connectivity index (χ4n) is 5.03. The lowest BCUT2D eigenvalue weighted by atomic mass is 9.84. The molecule has 0 fully saturated rings. The van der Waals surface area contributed by atoms with Gasteiger partial charge in [0.15, 0.2) is 0 Å². The molecule has 0 unspecified atom stereocenters. The molecular formula is C32H50N5O2+. The normalized spacial score (nSPS) is 12.3. The number of carbonyl (C=O) groups is 1. The van der Waals surface area contributed by atoms with Crippen LogP contribution in [0.2, 0.25) is 0 Å². The number of unbranched alkanes of at least 4 members (excludes halogenated alkanes) is 5. The van der Waals surface area contributed by atoms with Gasteiger partial charge in [0.05, 0.1) is 27.2 Å². The van der Waals surface area contributed by atoms with Gasteiger partial charge in [0.25, 0.3) is 0 Å². The summed E-state index contributed by atoms with van der Waals surface area (Å²) in [6, 6.07) is 11.6. The Hall–Kier alpha value is -2.93. The largest absolute Gasteiger partial charge is 0.505 e. The van der Waals surface area contributed by atoms with Gasteiger partial charge in [-0.25, -0.2) is 0 Å². The van der Waals surface area contributed by atoms with Crippen molar-refractivity contribution in [3.8, 4) is 11.4 Å². The van der Waals surface area contributed by atoms with Gasteiger partial charge in [0.1, 0.15) is 22.5 Å². The molecule has 0 saturated carbocycles. The van der Waals surface area contributed by atoms with Crippen LogP contribution in [0.1, 0.15) is 90.2 Å². The van der Waals surface area contributed by atoms with Gasteiger partial charge in [0.2, 0.25) is 5.91 Å². The zero-order valence-electron chi connectivity index (χ0n) is 25.1. The number of carbonyl (C=O) groups excluding carboxylic acids is 1. The Morgan fingerprint density at radius 1 is 0.949 bits per heavy atom. The van der Waals surface area contributed by atoms with Gasteiger partial charge in [-0.2, -0.15) is 0 Å². The number of aromatic hydroxyl groups is 1. The van der Waals surface area contributed by atoms with Crippen LogP contribution in [0.3, 0.4) is 0 Å². The number of aryl methyl sites for hydroxylation is 1. The van der Waals surface area contributed by atoms with E-state index >= 15 is 0 Å². The average Bonchev–Trinajstić information content (AvgIpc) is 3.31. The molecule has 0 aliphatic carbocycles. The van der Waals surface area contributed by atoms with Crippen LogP contribution in [0.25, 0.3) is 16.7 Å². The van der Waals surface area contributed by atoms with E-state index in [4.69, 9.17) is 0 Å². The number of hydrogen-bond donors (Lipinski definition) is 2. The smallest absolute Gasteiger partial charge is 0.220 e. The molecule has 7 nitrogen and oxygen atoms in total. The fourth-order valence-corrected chi connectivity index (χ4v) is 5.03. The first-order valence-electron chi connectivity index (χ1n) is 14.8. The van der Waals surface area contributed by atoms with Crippen LogP contribution in [-0.4, -0.2) is 64.2 Å². The highest BCUT2D eigenvalue weighted by Gasteiger charge is 2.23. The molecule has 3 aromatic rings. The van der Waals surface area contributed by atoms with Crippen molar-refractivity contribution in [3.63, 3.8) is 0 Å². The summed E-state index contributed by atoms with van der Waals surface area (Å²) in [4.78, 5) is 14.2. The van der Waals surface area contributed by atoms with Crippen molar-refractivity contribution >= 4 is 16.9 Å². The number of phenols is 1. The third-order valence-corrected chi connectivity index (χ3v) is 7.48. The number of nitrogens with zero attached hydrogens (tertiary/aromatic N) is 4. The van der Waals surface area contributed by atoms with Crippen molar-refractivity contribution in [1.29, 1.82) is 0 Å². The van der Waals surface area contributed by atoms with E-state index in [1.807, 2.05) is 36.4 Å². The van der Waals surface area contributed by atoms with Crippen LogP contribution in [0.5, 0.6) is 5.75 Å². The first-order chi connectivity index (χ1) is 18.5. The number of phenolic OH excluding ortho intramolecular Hbond substituents is 1. The Morgan fingerprint density at radius 2 is 1.56 bits per heavy atom. The van der Waals surface area contributed by atoms with E-state index in [1.54, 1.807) is 0 Å². The van der Waals surface area contributed by atoms with Gasteiger partial charge in [0, 0.05) is 24.9 Å². The van der Waals surface area contributed by atoms with Crippen molar-refractivity contribution in [1.82, 2.24) is 20.3 Å². The molecule has 1 aromatic heterocycles. The molecule has 2 N–H and O–H groups in total. The molecule has 39 heavy (non-hydrogen) atoms. The summed E-state index contributed by atoms with van der Waals surface area (Å²) in [5.41, 5.74) is 3.62. The maximum Gasteiger partial charge on any atom is 0.220 e. The number of benzene rings is 2. The summed E-state index contributed by atoms with van der Waals surface area (Å²) < 4.78 is 1.01. The molecule has 7 heteroatoms. The summed E-state index contributed by atoms with van der Waals surface area (Å²) >= 11 is 0. The highest BCUT2D eigenvalue weighted by Crippen LogP contribution is 2.36. The number of hydrogen-bond acceptors (Lipinski definition) is 4. The van der Waals surface area contributed by atoms with Crippen LogP contribution < -0.4 is 5.32 Å². The van der Waals surface area contributed by atoms with Crippen molar-refractivity contribution in [2.24, 2.45) is 0 Å². The molecule has 0 aliphatic heterocycles. The van der Waals surface area contributed by atoms with Crippen LogP contribution in [0.4, 0.5) is 0 Å². The van der Waals surface area contributed by atoms with Crippen LogP contribution in [-0.2, 0) is 16.6 Å². The topological polar surface area (TPSA) is 80.0 Å². The van der Waals surface area contributed by atoms with Crippen molar-refractivity contribution in [2.45, 2.75) is 90.9 Å². The molecule has 1 heterocycles. The van der Waals surface area contributed by atoms with Crippen molar-refractivity contribution < 1.29 is 14.4 Å². The van der Waals surface area contributed by atoms with Crippen molar-refractivity contribution in [2.75, 3.05) is 33.7 Å². The summed E-state index contributed by atoms with van der Waals surface area (Å²) in [5, 5.41) is 23.4. The van der Waals surface area contributed by atoms with Crippen molar-refractivity contribution in [3.05, 3.63) is 47.5 Å². The van der Waals surface area contributed by atoms with Gasteiger partial charge in [-0.1, -0.05) is 71.6 Å². The molecule has 0 saturated heterocycles. The fraction of sp³-hybridized carbons (Fsp3) is 0.594. The van der Waals surface area contributed by atoms with Gasteiger partial charge >= 0.3 is 0 Å². The number of nitrogens with one attached hydrogen (secondary N) is 1. The molecular weight excluding hydrogens is 486 g/mol. The lowest BCUT2D eigenvalue weighted by Crippen LogP contribution is -2.42. The summed E-state index contributed by atoms with van der Waals surface area (Å²) in [6.07, 6.45) is 9.91. The Bertz CT molecular complexity index is 1180. The predicted octanol–water partition coefficient (Wildman–Crippen LogP) is 6.30. The molecule has 2 aromatic carbocycles. The second-order valence-electron chi connectivity index (χ2n) is 12.6. The van der Waals surface area contributed by atoms with E-state index in [9.17, 15) is 9.90 Å². The van der Waals surface area contributed by atoms with Gasteiger partial charge < -0.3 is 14.9 Å². The first kappa shape index (κ1) is 30.6. The lowest BCUT2D eigenvalue weighted by molar-refractivity contribution is -0.890. The quantitative estimate of drug-likeness (QED) is 0.176. The number of amides is 1. The van der Waals surface area contributed by atoms with E-state index in [-0.39, 0.29) is 17.1 Å². The highest BCUT2D eigenvalue weighted by atomic mass is 16.3. The first-order valence-corrected chi connectivity index (χ1v) is 14.8. The zero-order valence-corrected chi connectivity index (χ0v) is 25.1. The minimum Gasteiger partial charge on any atom is -0.505 e. The second kappa shape index (κ2) is 13.9. The summed E-state index contributed by atoms with van der Waals surface area (Å²) in [7, 11) is 4.58. The molecule has 0 radical (unpaired) electrons. The number of quaternary nitrogens is 1. The van der Waals surface area contributed by atoms with E-state index in [2.05, 4.69) is 57.3 Å². The maximum atomic E-state index is 12.7. The number of fused-ring (bicyclic) bond motifs is 1.